The van der Waals surface area contributed by atoms with Gasteiger partial charge in [-0.1, -0.05) is 129 Å². The molecular weight excluding hydrogens is 440 g/mol. The van der Waals surface area contributed by atoms with Gasteiger partial charge in [0, 0.05) is 19.4 Å². The van der Waals surface area contributed by atoms with E-state index in [-0.39, 0.29) is 24.7 Å². The fourth-order valence-electron chi connectivity index (χ4n) is 4.81. The van der Waals surface area contributed by atoms with E-state index in [2.05, 4.69) is 0 Å². The van der Waals surface area contributed by atoms with E-state index < -0.39 is 5.97 Å². The van der Waals surface area contributed by atoms with Crippen molar-refractivity contribution in [2.75, 3.05) is 13.2 Å². The normalized spacial score (nSPS) is 12.1. The summed E-state index contributed by atoms with van der Waals surface area (Å²) in [5.41, 5.74) is 0. The number of carbonyl (C=O) groups excluding carboxylic acids is 1. The zero-order valence-electron chi connectivity index (χ0n) is 23.1. The number of carboxylic acids is 1. The van der Waals surface area contributed by atoms with Crippen LogP contribution in [0.5, 0.6) is 0 Å². The maximum Gasteiger partial charge on any atom is 0.306 e. The Kier molecular flexibility index (Phi) is 26.6. The van der Waals surface area contributed by atoms with Gasteiger partial charge in [0.2, 0.25) is 0 Å². The van der Waals surface area contributed by atoms with Crippen molar-refractivity contribution in [3.8, 4) is 0 Å². The van der Waals surface area contributed by atoms with Gasteiger partial charge in [0.25, 0.3) is 0 Å². The summed E-state index contributed by atoms with van der Waals surface area (Å²) in [6.45, 7) is 2.83. The third kappa shape index (κ3) is 27.3. The first-order chi connectivity index (χ1) is 17.1. The van der Waals surface area contributed by atoms with Gasteiger partial charge in [0.1, 0.15) is 0 Å². The minimum absolute atomic E-state index is 0.0527. The van der Waals surface area contributed by atoms with Gasteiger partial charge in [0.15, 0.2) is 0 Å². The Morgan fingerprint density at radius 3 is 1.31 bits per heavy atom. The molecule has 0 saturated heterocycles. The van der Waals surface area contributed by atoms with Crippen molar-refractivity contribution in [2.24, 2.45) is 5.92 Å². The zero-order valence-corrected chi connectivity index (χ0v) is 23.1. The topological polar surface area (TPSA) is 83.8 Å². The lowest BCUT2D eigenvalue weighted by atomic mass is 9.96. The summed E-state index contributed by atoms with van der Waals surface area (Å²) in [6, 6.07) is 0. The van der Waals surface area contributed by atoms with Crippen LogP contribution in [-0.2, 0) is 14.3 Å². The summed E-state index contributed by atoms with van der Waals surface area (Å²) < 4.78 is 5.30. The molecule has 0 aromatic carbocycles. The number of rotatable bonds is 28. The third-order valence-electron chi connectivity index (χ3n) is 6.93. The fraction of sp³-hybridized carbons (Fsp3) is 0.933. The highest BCUT2D eigenvalue weighted by molar-refractivity contribution is 5.72. The molecule has 1 unspecified atom stereocenters. The van der Waals surface area contributed by atoms with Crippen LogP contribution in [0.4, 0.5) is 0 Å². The summed E-state index contributed by atoms with van der Waals surface area (Å²) in [5, 5.41) is 17.7. The molecule has 0 saturated carbocycles. The van der Waals surface area contributed by atoms with Gasteiger partial charge in [-0.15, -0.1) is 0 Å². The number of aliphatic hydroxyl groups is 1. The van der Waals surface area contributed by atoms with Crippen LogP contribution in [0, 0.1) is 5.92 Å². The summed E-state index contributed by atoms with van der Waals surface area (Å²) >= 11 is 0. The number of unbranched alkanes of at least 4 members (excludes halogenated alkanes) is 19. The van der Waals surface area contributed by atoms with Gasteiger partial charge < -0.3 is 14.9 Å². The quantitative estimate of drug-likeness (QED) is 0.0833. The van der Waals surface area contributed by atoms with Gasteiger partial charge >= 0.3 is 11.9 Å². The molecule has 0 fully saturated rings. The number of aliphatic carboxylic acids is 1. The van der Waals surface area contributed by atoms with Crippen LogP contribution in [0.15, 0.2) is 0 Å². The summed E-state index contributed by atoms with van der Waals surface area (Å²) in [5.74, 6) is -1.18. The molecule has 2 N–H and O–H groups in total. The predicted molar refractivity (Wildman–Crippen MR) is 146 cm³/mol. The number of hydrogen-bond acceptors (Lipinski definition) is 4. The van der Waals surface area contributed by atoms with Crippen molar-refractivity contribution in [1.82, 2.24) is 0 Å². The molecular formula is C30H58O5. The lowest BCUT2D eigenvalue weighted by Gasteiger charge is -2.13. The van der Waals surface area contributed by atoms with Crippen molar-refractivity contribution in [1.29, 1.82) is 0 Å². The monoisotopic (exact) mass is 498 g/mol. The van der Waals surface area contributed by atoms with E-state index in [0.29, 0.717) is 13.2 Å². The number of aliphatic hydroxyl groups excluding tert-OH is 1. The maximum absolute atomic E-state index is 11.9. The van der Waals surface area contributed by atoms with Crippen molar-refractivity contribution in [3.05, 3.63) is 0 Å². The zero-order chi connectivity index (χ0) is 25.8. The minimum Gasteiger partial charge on any atom is -0.481 e. The number of carboxylic acid groups (broad SMARTS) is 1. The molecule has 208 valence electrons. The molecule has 0 aliphatic carbocycles. The Balaban J connectivity index is 3.26. The highest BCUT2D eigenvalue weighted by atomic mass is 16.5. The van der Waals surface area contributed by atoms with Crippen molar-refractivity contribution in [3.63, 3.8) is 0 Å². The van der Waals surface area contributed by atoms with Gasteiger partial charge in [-0.3, -0.25) is 9.59 Å². The second kappa shape index (κ2) is 27.5. The van der Waals surface area contributed by atoms with Gasteiger partial charge in [-0.05, 0) is 25.2 Å². The van der Waals surface area contributed by atoms with Gasteiger partial charge in [0.05, 0.1) is 6.61 Å². The average Bonchev–Trinajstić information content (AvgIpc) is 2.82. The first-order valence-electron chi connectivity index (χ1n) is 15.1. The number of carbonyl (C=O) groups is 2. The van der Waals surface area contributed by atoms with Crippen molar-refractivity contribution < 1.29 is 24.5 Å². The molecule has 5 heteroatoms. The van der Waals surface area contributed by atoms with Gasteiger partial charge in [-0.2, -0.15) is 0 Å². The highest BCUT2D eigenvalue weighted by Crippen LogP contribution is 2.17. The molecule has 0 heterocycles. The molecule has 0 bridgehead atoms. The molecule has 0 spiro atoms. The lowest BCUT2D eigenvalue weighted by molar-refractivity contribution is -0.145. The first-order valence-corrected chi connectivity index (χ1v) is 15.1. The highest BCUT2D eigenvalue weighted by Gasteiger charge is 2.17. The second-order valence-electron chi connectivity index (χ2n) is 10.5. The standard InChI is InChI=1S/C30H58O5/c1-2-23-28(26-29(32)33)27-30(34)35-25-22-20-18-16-14-12-10-8-6-4-3-5-7-9-11-13-15-17-19-21-24-31/h28,31H,2-27H2,1H3,(H,32,33). The maximum atomic E-state index is 11.9. The molecule has 0 aliphatic rings. The molecule has 1 atom stereocenters. The van der Waals surface area contributed by atoms with E-state index in [1.807, 2.05) is 6.92 Å². The fourth-order valence-corrected chi connectivity index (χ4v) is 4.81. The summed E-state index contributed by atoms with van der Waals surface area (Å²) in [7, 11) is 0. The molecule has 0 amide bonds. The van der Waals surface area contributed by atoms with Crippen LogP contribution >= 0.6 is 0 Å². The molecule has 0 radical (unpaired) electrons. The first kappa shape index (κ1) is 33.9. The largest absolute Gasteiger partial charge is 0.481 e. The molecule has 0 rings (SSSR count). The Labute approximate surface area is 216 Å². The van der Waals surface area contributed by atoms with Crippen LogP contribution in [-0.4, -0.2) is 35.4 Å². The van der Waals surface area contributed by atoms with Crippen molar-refractivity contribution in [2.45, 2.75) is 161 Å². The number of esters is 1. The number of ether oxygens (including phenoxy) is 1. The van der Waals surface area contributed by atoms with Crippen LogP contribution in [0.2, 0.25) is 0 Å². The van der Waals surface area contributed by atoms with E-state index in [1.165, 1.54) is 109 Å². The predicted octanol–water partition coefficient (Wildman–Crippen LogP) is 8.61. The molecule has 0 aromatic rings. The molecule has 0 aromatic heterocycles. The summed E-state index contributed by atoms with van der Waals surface area (Å²) in [6.07, 6.45) is 27.8. The number of hydrogen-bond donors (Lipinski definition) is 2. The van der Waals surface area contributed by atoms with Crippen LogP contribution in [0.1, 0.15) is 161 Å². The van der Waals surface area contributed by atoms with E-state index in [0.717, 1.165) is 32.1 Å². The van der Waals surface area contributed by atoms with Crippen LogP contribution in [0.25, 0.3) is 0 Å². The molecule has 0 aliphatic heterocycles. The molecule has 5 nitrogen and oxygen atoms in total. The van der Waals surface area contributed by atoms with Crippen LogP contribution in [0.3, 0.4) is 0 Å². The smallest absolute Gasteiger partial charge is 0.306 e. The Hall–Kier alpha value is -1.10. The minimum atomic E-state index is -0.838. The average molecular weight is 499 g/mol. The summed E-state index contributed by atoms with van der Waals surface area (Å²) in [4.78, 5) is 22.8. The molecule has 35 heavy (non-hydrogen) atoms. The lowest BCUT2D eigenvalue weighted by Crippen LogP contribution is -2.15. The Morgan fingerprint density at radius 1 is 0.600 bits per heavy atom. The Morgan fingerprint density at radius 2 is 0.971 bits per heavy atom. The second-order valence-corrected chi connectivity index (χ2v) is 10.5. The van der Waals surface area contributed by atoms with E-state index in [4.69, 9.17) is 14.9 Å². The van der Waals surface area contributed by atoms with Crippen molar-refractivity contribution >= 4 is 11.9 Å². The van der Waals surface area contributed by atoms with E-state index in [9.17, 15) is 9.59 Å². The Bertz CT molecular complexity index is 466. The van der Waals surface area contributed by atoms with Gasteiger partial charge in [-0.25, -0.2) is 0 Å². The van der Waals surface area contributed by atoms with E-state index in [1.54, 1.807) is 0 Å². The SMILES string of the molecule is CCCC(CC(=O)O)CC(=O)OCCCCCCCCCCCCCCCCCCCCCCO. The third-order valence-corrected chi connectivity index (χ3v) is 6.93. The van der Waals surface area contributed by atoms with E-state index >= 15 is 0 Å². The van der Waals surface area contributed by atoms with Crippen LogP contribution < -0.4 is 0 Å².